The summed E-state index contributed by atoms with van der Waals surface area (Å²) >= 11 is 0. The van der Waals surface area contributed by atoms with Gasteiger partial charge in [-0.15, -0.1) is 0 Å². The maximum atomic E-state index is 13.3. The van der Waals surface area contributed by atoms with Crippen LogP contribution < -0.4 is 16.1 Å². The highest BCUT2D eigenvalue weighted by molar-refractivity contribution is 6.07. The van der Waals surface area contributed by atoms with Gasteiger partial charge in [-0.05, 0) is 79.8 Å². The number of aliphatic hydroxyl groups excluding tert-OH is 1. The SMILES string of the molecule is CN(C(=O)c1c(C=O)cccc1NCCOCCNC(=O)CCCCC#Cc1ccc(Cn2c(-c3ccccc3)c(-c3ccccc3)c3c(=N)n(C4CCC(O)CC4)cnc32)cc1)C(C=O)CCC=O. The minimum absolute atomic E-state index is 0.0647. The Morgan fingerprint density at radius 1 is 0.900 bits per heavy atom. The first-order valence-electron chi connectivity index (χ1n) is 24.1. The molecule has 4 aromatic carbocycles. The van der Waals surface area contributed by atoms with Crippen molar-refractivity contribution < 1.29 is 33.8 Å². The highest BCUT2D eigenvalue weighted by Gasteiger charge is 2.28. The van der Waals surface area contributed by atoms with E-state index >= 15 is 0 Å². The number of aromatic nitrogens is 3. The summed E-state index contributed by atoms with van der Waals surface area (Å²) in [6.07, 6.45) is 9.29. The predicted molar refractivity (Wildman–Crippen MR) is 270 cm³/mol. The zero-order chi connectivity index (χ0) is 49.2. The van der Waals surface area contributed by atoms with E-state index in [1.807, 2.05) is 59.4 Å². The zero-order valence-electron chi connectivity index (χ0n) is 39.6. The third-order valence-electron chi connectivity index (χ3n) is 12.8. The van der Waals surface area contributed by atoms with Crippen LogP contribution in [0.25, 0.3) is 33.4 Å². The second kappa shape index (κ2) is 25.2. The highest BCUT2D eigenvalue weighted by Crippen LogP contribution is 2.40. The summed E-state index contributed by atoms with van der Waals surface area (Å²) in [5.41, 5.74) is 7.94. The summed E-state index contributed by atoms with van der Waals surface area (Å²) in [5.74, 6) is 5.95. The Morgan fingerprint density at radius 3 is 2.31 bits per heavy atom. The van der Waals surface area contributed by atoms with Crippen molar-refractivity contribution in [1.29, 1.82) is 5.41 Å². The molecule has 1 aliphatic rings. The molecule has 6 aromatic rings. The van der Waals surface area contributed by atoms with Gasteiger partial charge in [-0.3, -0.25) is 19.8 Å². The molecule has 362 valence electrons. The monoisotopic (exact) mass is 943 g/mol. The molecule has 14 heteroatoms. The van der Waals surface area contributed by atoms with Crippen molar-refractivity contribution in [2.45, 2.75) is 88.9 Å². The molecule has 7 rings (SSSR count). The molecule has 0 bridgehead atoms. The first-order chi connectivity index (χ1) is 34.2. The minimum atomic E-state index is -0.805. The average Bonchev–Trinajstić information content (AvgIpc) is 3.72. The summed E-state index contributed by atoms with van der Waals surface area (Å²) in [4.78, 5) is 66.4. The molecule has 0 aliphatic heterocycles. The number of fused-ring (bicyclic) bond motifs is 1. The lowest BCUT2D eigenvalue weighted by atomic mass is 9.93. The van der Waals surface area contributed by atoms with Gasteiger partial charge in [0.2, 0.25) is 5.91 Å². The number of hydrogen-bond acceptors (Lipinski definition) is 10. The van der Waals surface area contributed by atoms with Gasteiger partial charge in [0, 0.05) is 74.4 Å². The number of likely N-dealkylation sites (N-methyl/N-ethyl adjacent to an activating group) is 1. The van der Waals surface area contributed by atoms with Gasteiger partial charge in [0.25, 0.3) is 5.91 Å². The highest BCUT2D eigenvalue weighted by atomic mass is 16.5. The number of nitrogens with one attached hydrogen (secondary N) is 3. The van der Waals surface area contributed by atoms with E-state index in [1.165, 1.54) is 18.0 Å². The van der Waals surface area contributed by atoms with E-state index in [-0.39, 0.29) is 48.6 Å². The van der Waals surface area contributed by atoms with Crippen molar-refractivity contribution in [2.24, 2.45) is 0 Å². The van der Waals surface area contributed by atoms with Gasteiger partial charge < -0.3 is 44.1 Å². The van der Waals surface area contributed by atoms with Gasteiger partial charge in [0.05, 0.1) is 48.3 Å². The Bertz CT molecular complexity index is 2860. The number of carbonyl (C=O) groups is 5. The summed E-state index contributed by atoms with van der Waals surface area (Å²) < 4.78 is 9.91. The molecule has 1 aliphatic carbocycles. The third-order valence-corrected chi connectivity index (χ3v) is 12.8. The Labute approximate surface area is 408 Å². The molecule has 0 spiro atoms. The first kappa shape index (κ1) is 50.4. The van der Waals surface area contributed by atoms with E-state index in [2.05, 4.69) is 63.4 Å². The number of aldehydes is 3. The molecular weight excluding hydrogens is 883 g/mol. The minimum Gasteiger partial charge on any atom is -0.393 e. The fourth-order valence-electron chi connectivity index (χ4n) is 9.04. The van der Waals surface area contributed by atoms with Crippen molar-refractivity contribution in [3.05, 3.63) is 137 Å². The van der Waals surface area contributed by atoms with E-state index in [1.54, 1.807) is 12.1 Å². The van der Waals surface area contributed by atoms with Crippen molar-refractivity contribution >= 4 is 47.4 Å². The molecule has 70 heavy (non-hydrogen) atoms. The Balaban J connectivity index is 0.887. The third kappa shape index (κ3) is 12.6. The molecule has 4 N–H and O–H groups in total. The van der Waals surface area contributed by atoms with Crippen LogP contribution in [0.3, 0.4) is 0 Å². The molecule has 0 radical (unpaired) electrons. The number of benzene rings is 4. The number of rotatable bonds is 23. The lowest BCUT2D eigenvalue weighted by Crippen LogP contribution is -2.39. The van der Waals surface area contributed by atoms with Crippen LogP contribution in [-0.2, 0) is 25.7 Å². The van der Waals surface area contributed by atoms with Crippen molar-refractivity contribution in [3.63, 3.8) is 0 Å². The topological polar surface area (TPSA) is 189 Å². The van der Waals surface area contributed by atoms with E-state index in [4.69, 9.17) is 9.72 Å². The van der Waals surface area contributed by atoms with Crippen molar-refractivity contribution in [3.8, 4) is 34.2 Å². The molecular formula is C56H61N7O7. The number of ether oxygens (including phenoxy) is 1. The lowest BCUT2D eigenvalue weighted by Gasteiger charge is -2.27. The van der Waals surface area contributed by atoms with Crippen LogP contribution in [-0.4, -0.2) is 100 Å². The number of hydrogen-bond donors (Lipinski definition) is 4. The predicted octanol–water partition coefficient (Wildman–Crippen LogP) is 7.76. The second-order valence-corrected chi connectivity index (χ2v) is 17.5. The summed E-state index contributed by atoms with van der Waals surface area (Å²) in [6, 6.07) is 33.0. The van der Waals surface area contributed by atoms with E-state index < -0.39 is 11.9 Å². The van der Waals surface area contributed by atoms with Crippen LogP contribution >= 0.6 is 0 Å². The molecule has 1 unspecified atom stereocenters. The maximum absolute atomic E-state index is 13.3. The van der Waals surface area contributed by atoms with Gasteiger partial charge >= 0.3 is 0 Å². The Morgan fingerprint density at radius 2 is 1.61 bits per heavy atom. The van der Waals surface area contributed by atoms with Gasteiger partial charge in [-0.1, -0.05) is 96.8 Å². The number of anilines is 1. The van der Waals surface area contributed by atoms with Crippen LogP contribution in [0.1, 0.15) is 102 Å². The van der Waals surface area contributed by atoms with Crippen LogP contribution in [0.2, 0.25) is 0 Å². The van der Waals surface area contributed by atoms with Gasteiger partial charge in [-0.2, -0.15) is 0 Å². The number of amides is 2. The molecule has 2 amide bonds. The smallest absolute Gasteiger partial charge is 0.257 e. The average molecular weight is 944 g/mol. The Hall–Kier alpha value is -7.47. The molecule has 1 fully saturated rings. The second-order valence-electron chi connectivity index (χ2n) is 17.5. The number of nitrogens with zero attached hydrogens (tertiary/aromatic N) is 4. The van der Waals surface area contributed by atoms with Gasteiger partial charge in [0.1, 0.15) is 23.7 Å². The molecule has 14 nitrogen and oxygen atoms in total. The largest absolute Gasteiger partial charge is 0.393 e. The summed E-state index contributed by atoms with van der Waals surface area (Å²) in [7, 11) is 1.47. The fraction of sp³-hybridized carbons (Fsp3) is 0.339. The summed E-state index contributed by atoms with van der Waals surface area (Å²) in [6.45, 7) is 1.77. The number of aliphatic hydroxyl groups is 1. The van der Waals surface area contributed by atoms with Gasteiger partial charge in [0.15, 0.2) is 6.29 Å². The molecule has 2 aromatic heterocycles. The number of carbonyl (C=O) groups excluding carboxylic acids is 5. The first-order valence-corrected chi connectivity index (χ1v) is 24.1. The standard InChI is InChI=1S/C56H61N7O7/c1-61(46(38-66)20-13-33-64)56(69)50-44(37-65)19-12-21-48(50)58-31-34-70-35-32-59-49(68)22-11-3-2-6-14-40-23-25-41(26-24-40)36-62-53(43-17-9-5-10-18-43)51(42-15-7-4-8-16-42)52-54(57)63(39-60-55(52)62)45-27-29-47(67)30-28-45/h4-5,7-10,12,15-19,21,23-26,33,37-39,45-47,57-58,67H,2-3,11,13,20,22,27-32,34-36H2,1H3,(H,59,68). The molecule has 2 heterocycles. The van der Waals surface area contributed by atoms with Crippen LogP contribution in [0.5, 0.6) is 0 Å². The van der Waals surface area contributed by atoms with Crippen LogP contribution in [0.4, 0.5) is 5.69 Å². The molecule has 1 saturated carbocycles. The van der Waals surface area contributed by atoms with Crippen molar-refractivity contribution in [2.75, 3.05) is 38.7 Å². The van der Waals surface area contributed by atoms with E-state index in [9.17, 15) is 34.5 Å². The van der Waals surface area contributed by atoms with E-state index in [0.29, 0.717) is 88.4 Å². The van der Waals surface area contributed by atoms with Crippen molar-refractivity contribution in [1.82, 2.24) is 24.3 Å². The Kier molecular flexibility index (Phi) is 18.2. The van der Waals surface area contributed by atoms with Crippen LogP contribution in [0.15, 0.2) is 109 Å². The van der Waals surface area contributed by atoms with Crippen LogP contribution in [0, 0.1) is 17.3 Å². The normalized spacial score (nSPS) is 14.8. The lowest BCUT2D eigenvalue weighted by molar-refractivity contribution is -0.121. The fourth-order valence-corrected chi connectivity index (χ4v) is 9.04. The van der Waals surface area contributed by atoms with Gasteiger partial charge in [-0.25, -0.2) is 4.98 Å². The zero-order valence-corrected chi connectivity index (χ0v) is 39.6. The quantitative estimate of drug-likeness (QED) is 0.0283. The maximum Gasteiger partial charge on any atom is 0.257 e. The number of unbranched alkanes of at least 4 members (excludes halogenated alkanes) is 2. The molecule has 1 atom stereocenters. The van der Waals surface area contributed by atoms with E-state index in [0.717, 1.165) is 63.8 Å². The summed E-state index contributed by atoms with van der Waals surface area (Å²) in [5, 5.41) is 26.7. The molecule has 0 saturated heterocycles.